The van der Waals surface area contributed by atoms with E-state index in [-0.39, 0.29) is 5.97 Å². The van der Waals surface area contributed by atoms with E-state index in [1.54, 1.807) is 30.3 Å². The number of carbonyl (C=O) groups is 1. The van der Waals surface area contributed by atoms with E-state index in [2.05, 4.69) is 26.6 Å². The van der Waals surface area contributed by atoms with Gasteiger partial charge in [-0.3, -0.25) is 0 Å². The first-order valence-corrected chi connectivity index (χ1v) is 8.13. The number of nitrogen functional groups attached to an aromatic ring is 1. The lowest BCUT2D eigenvalue weighted by molar-refractivity contribution is 0.0600. The van der Waals surface area contributed by atoms with Gasteiger partial charge in [0, 0.05) is 26.2 Å². The van der Waals surface area contributed by atoms with Gasteiger partial charge in [0.05, 0.1) is 18.4 Å². The van der Waals surface area contributed by atoms with Crippen molar-refractivity contribution in [1.82, 2.24) is 9.88 Å². The maximum Gasteiger partial charge on any atom is 0.337 e. The van der Waals surface area contributed by atoms with Crippen LogP contribution in [0, 0.1) is 0 Å². The average Bonchev–Trinajstić information content (AvgIpc) is 2.64. The van der Waals surface area contributed by atoms with Crippen LogP contribution in [-0.4, -0.2) is 56.2 Å². The summed E-state index contributed by atoms with van der Waals surface area (Å²) in [4.78, 5) is 20.5. The van der Waals surface area contributed by atoms with Crippen LogP contribution in [0.5, 0.6) is 11.6 Å². The second kappa shape index (κ2) is 7.40. The first-order valence-electron chi connectivity index (χ1n) is 8.13. The van der Waals surface area contributed by atoms with E-state index in [4.69, 9.17) is 10.5 Å². The van der Waals surface area contributed by atoms with Gasteiger partial charge < -0.3 is 25.0 Å². The molecule has 7 heteroatoms. The number of methoxy groups -OCH3 is 1. The van der Waals surface area contributed by atoms with Crippen molar-refractivity contribution in [2.45, 2.75) is 0 Å². The number of hydrogen-bond donors (Lipinski definition) is 1. The van der Waals surface area contributed by atoms with Crippen molar-refractivity contribution < 1.29 is 14.3 Å². The largest absolute Gasteiger partial charge is 0.465 e. The van der Waals surface area contributed by atoms with Crippen LogP contribution in [0.15, 0.2) is 36.4 Å². The van der Waals surface area contributed by atoms with Crippen LogP contribution < -0.4 is 15.4 Å². The number of pyridine rings is 1. The monoisotopic (exact) mass is 342 g/mol. The van der Waals surface area contributed by atoms with E-state index in [0.717, 1.165) is 32.0 Å². The Kier molecular flexibility index (Phi) is 5.04. The van der Waals surface area contributed by atoms with Crippen LogP contribution in [-0.2, 0) is 4.74 Å². The van der Waals surface area contributed by atoms with Gasteiger partial charge in [0.2, 0.25) is 5.88 Å². The number of aromatic nitrogens is 1. The summed E-state index contributed by atoms with van der Waals surface area (Å²) in [7, 11) is 3.46. The maximum absolute atomic E-state index is 11.5. The number of piperazine rings is 1. The summed E-state index contributed by atoms with van der Waals surface area (Å²) in [6, 6.07) is 10.4. The van der Waals surface area contributed by atoms with E-state index in [1.165, 1.54) is 7.11 Å². The van der Waals surface area contributed by atoms with Gasteiger partial charge in [0.25, 0.3) is 0 Å². The summed E-state index contributed by atoms with van der Waals surface area (Å²) in [6.07, 6.45) is 0. The molecule has 2 N–H and O–H groups in total. The molecule has 1 aromatic carbocycles. The van der Waals surface area contributed by atoms with Crippen LogP contribution in [0.25, 0.3) is 0 Å². The number of carbonyl (C=O) groups excluding carboxylic acids is 1. The molecule has 2 heterocycles. The Morgan fingerprint density at radius 2 is 1.76 bits per heavy atom. The van der Waals surface area contributed by atoms with E-state index in [9.17, 15) is 4.79 Å². The molecule has 0 amide bonds. The lowest BCUT2D eigenvalue weighted by Crippen LogP contribution is -2.44. The van der Waals surface area contributed by atoms with Crippen molar-refractivity contribution in [3.63, 3.8) is 0 Å². The quantitative estimate of drug-likeness (QED) is 0.851. The number of rotatable bonds is 4. The fourth-order valence-corrected chi connectivity index (χ4v) is 2.62. The molecule has 1 aliphatic rings. The van der Waals surface area contributed by atoms with Crippen LogP contribution >= 0.6 is 0 Å². The first kappa shape index (κ1) is 17.0. The molecule has 1 fully saturated rings. The number of nitrogens with zero attached hydrogens (tertiary/aromatic N) is 3. The minimum absolute atomic E-state index is 0.363. The average molecular weight is 342 g/mol. The number of anilines is 2. The number of ether oxygens (including phenoxy) is 2. The molecule has 0 unspecified atom stereocenters. The van der Waals surface area contributed by atoms with Crippen molar-refractivity contribution in [2.75, 3.05) is 51.0 Å². The number of benzene rings is 1. The van der Waals surface area contributed by atoms with Gasteiger partial charge in [-0.1, -0.05) is 0 Å². The summed E-state index contributed by atoms with van der Waals surface area (Å²) in [6.45, 7) is 3.83. The Hall–Kier alpha value is -2.80. The minimum atomic E-state index is -0.388. The molecule has 132 valence electrons. The normalized spacial score (nSPS) is 15.0. The van der Waals surface area contributed by atoms with Gasteiger partial charge in [-0.25, -0.2) is 4.79 Å². The molecule has 1 aliphatic heterocycles. The maximum atomic E-state index is 11.5. The number of nitrogens with two attached hydrogens (primary N) is 1. The molecule has 2 aromatic rings. The first-order chi connectivity index (χ1) is 12.1. The third kappa shape index (κ3) is 4.00. The van der Waals surface area contributed by atoms with Crippen LogP contribution in [0.4, 0.5) is 11.5 Å². The molecule has 0 radical (unpaired) electrons. The van der Waals surface area contributed by atoms with Gasteiger partial charge in [0.15, 0.2) is 0 Å². The number of hydrogen-bond acceptors (Lipinski definition) is 7. The van der Waals surface area contributed by atoms with Gasteiger partial charge in [0.1, 0.15) is 11.6 Å². The Labute approximate surface area is 147 Å². The van der Waals surface area contributed by atoms with Crippen molar-refractivity contribution in [1.29, 1.82) is 0 Å². The third-order valence-electron chi connectivity index (χ3n) is 4.19. The molecule has 0 saturated carbocycles. The van der Waals surface area contributed by atoms with Crippen molar-refractivity contribution in [3.05, 3.63) is 42.0 Å². The lowest BCUT2D eigenvalue weighted by atomic mass is 10.2. The van der Waals surface area contributed by atoms with E-state index >= 15 is 0 Å². The molecule has 0 atom stereocenters. The van der Waals surface area contributed by atoms with E-state index in [1.807, 2.05) is 6.07 Å². The fourth-order valence-electron chi connectivity index (χ4n) is 2.62. The second-order valence-electron chi connectivity index (χ2n) is 5.97. The van der Waals surface area contributed by atoms with E-state index in [0.29, 0.717) is 22.9 Å². The SMILES string of the molecule is COC(=O)c1ccc(Oc2nc(N3CCN(C)CC3)ccc2N)cc1. The molecular weight excluding hydrogens is 320 g/mol. The van der Waals surface area contributed by atoms with Crippen molar-refractivity contribution in [3.8, 4) is 11.6 Å². The van der Waals surface area contributed by atoms with Crippen molar-refractivity contribution >= 4 is 17.5 Å². The predicted molar refractivity (Wildman–Crippen MR) is 96.2 cm³/mol. The zero-order valence-electron chi connectivity index (χ0n) is 14.4. The molecule has 1 aromatic heterocycles. The van der Waals surface area contributed by atoms with Crippen molar-refractivity contribution in [2.24, 2.45) is 0 Å². The molecular formula is C18H22N4O3. The minimum Gasteiger partial charge on any atom is -0.465 e. The highest BCUT2D eigenvalue weighted by atomic mass is 16.5. The smallest absolute Gasteiger partial charge is 0.337 e. The van der Waals surface area contributed by atoms with Crippen LogP contribution in [0.3, 0.4) is 0 Å². The topological polar surface area (TPSA) is 80.9 Å². The molecule has 3 rings (SSSR count). The summed E-state index contributed by atoms with van der Waals surface area (Å²) in [5.41, 5.74) is 6.93. The summed E-state index contributed by atoms with van der Waals surface area (Å²) >= 11 is 0. The van der Waals surface area contributed by atoms with Crippen LogP contribution in [0.1, 0.15) is 10.4 Å². The van der Waals surface area contributed by atoms with E-state index < -0.39 is 0 Å². The summed E-state index contributed by atoms with van der Waals surface area (Å²) in [5.74, 6) is 1.38. The van der Waals surface area contributed by atoms with Gasteiger partial charge in [-0.15, -0.1) is 0 Å². The molecule has 7 nitrogen and oxygen atoms in total. The Balaban J connectivity index is 1.75. The third-order valence-corrected chi connectivity index (χ3v) is 4.19. The second-order valence-corrected chi connectivity index (χ2v) is 5.97. The molecule has 0 aliphatic carbocycles. The molecule has 1 saturated heterocycles. The highest BCUT2D eigenvalue weighted by Gasteiger charge is 2.17. The lowest BCUT2D eigenvalue weighted by Gasteiger charge is -2.33. The molecule has 0 spiro atoms. The molecule has 0 bridgehead atoms. The standard InChI is InChI=1S/C18H22N4O3/c1-21-9-11-22(12-10-21)16-8-7-15(19)17(20-16)25-14-5-3-13(4-6-14)18(23)24-2/h3-8H,9-12,19H2,1-2H3. The Morgan fingerprint density at radius 3 is 2.40 bits per heavy atom. The number of esters is 1. The molecule has 25 heavy (non-hydrogen) atoms. The Bertz CT molecular complexity index is 740. The highest BCUT2D eigenvalue weighted by molar-refractivity contribution is 5.89. The zero-order chi connectivity index (χ0) is 17.8. The van der Waals surface area contributed by atoms with Gasteiger partial charge in [-0.05, 0) is 43.4 Å². The summed E-state index contributed by atoms with van der Waals surface area (Å²) in [5, 5.41) is 0. The van der Waals surface area contributed by atoms with Crippen LogP contribution in [0.2, 0.25) is 0 Å². The Morgan fingerprint density at radius 1 is 1.08 bits per heavy atom. The summed E-state index contributed by atoms with van der Waals surface area (Å²) < 4.78 is 10.5. The zero-order valence-corrected chi connectivity index (χ0v) is 14.4. The predicted octanol–water partition coefficient (Wildman–Crippen LogP) is 1.99. The number of likely N-dealkylation sites (N-methyl/N-ethyl adjacent to an activating group) is 1. The fraction of sp³-hybridized carbons (Fsp3) is 0.333. The highest BCUT2D eigenvalue weighted by Crippen LogP contribution is 2.28. The van der Waals surface area contributed by atoms with Gasteiger partial charge >= 0.3 is 5.97 Å². The van der Waals surface area contributed by atoms with Gasteiger partial charge in [-0.2, -0.15) is 4.98 Å².